The largest absolute Gasteiger partial charge is 0.308 e. The van der Waals surface area contributed by atoms with Crippen LogP contribution in [0.5, 0.6) is 0 Å². The smallest absolute Gasteiger partial charge is 0.243 e. The van der Waals surface area contributed by atoms with Gasteiger partial charge < -0.3 is 4.90 Å². The molecule has 3 aromatic rings. The second-order valence-corrected chi connectivity index (χ2v) is 11.2. The molecule has 3 aliphatic heterocycles. The Hall–Kier alpha value is -2.74. The van der Waals surface area contributed by atoms with Gasteiger partial charge in [-0.1, -0.05) is 30.3 Å². The first-order valence-electron chi connectivity index (χ1n) is 11.6. The van der Waals surface area contributed by atoms with Crippen molar-refractivity contribution in [2.45, 2.75) is 50.8 Å². The zero-order valence-electron chi connectivity index (χ0n) is 18.8. The Labute approximate surface area is 194 Å². The van der Waals surface area contributed by atoms with Gasteiger partial charge in [0.15, 0.2) is 0 Å². The van der Waals surface area contributed by atoms with Crippen LogP contribution in [0.3, 0.4) is 0 Å². The predicted molar refractivity (Wildman–Crippen MR) is 128 cm³/mol. The molecule has 0 unspecified atom stereocenters. The molecular weight excluding hydrogens is 434 g/mol. The van der Waals surface area contributed by atoms with Gasteiger partial charge in [0.05, 0.1) is 17.1 Å². The van der Waals surface area contributed by atoms with Crippen LogP contribution < -0.4 is 4.90 Å². The van der Waals surface area contributed by atoms with Crippen LogP contribution >= 0.6 is 0 Å². The van der Waals surface area contributed by atoms with E-state index in [1.165, 1.54) is 18.4 Å². The monoisotopic (exact) mass is 461 g/mol. The van der Waals surface area contributed by atoms with Gasteiger partial charge in [0.1, 0.15) is 0 Å². The van der Waals surface area contributed by atoms with Crippen molar-refractivity contribution < 1.29 is 13.2 Å². The summed E-state index contributed by atoms with van der Waals surface area (Å²) in [6, 6.07) is 14.9. The fourth-order valence-corrected chi connectivity index (χ4v) is 7.15. The Bertz CT molecular complexity index is 1380. The molecule has 6 rings (SSSR count). The minimum atomic E-state index is -3.61. The summed E-state index contributed by atoms with van der Waals surface area (Å²) in [7, 11) is -3.61. The predicted octanol–water partition coefficient (Wildman–Crippen LogP) is 4.01. The maximum Gasteiger partial charge on any atom is 0.243 e. The molecule has 0 aromatic heterocycles. The Morgan fingerprint density at radius 2 is 1.61 bits per heavy atom. The second-order valence-electron chi connectivity index (χ2n) is 9.29. The molecule has 1 saturated heterocycles. The quantitative estimate of drug-likeness (QED) is 0.589. The number of anilines is 1. The van der Waals surface area contributed by atoms with Crippen LogP contribution in [-0.4, -0.2) is 36.6 Å². The molecule has 6 nitrogen and oxygen atoms in total. The fourth-order valence-electron chi connectivity index (χ4n) is 5.76. The number of benzene rings is 3. The lowest BCUT2D eigenvalue weighted by Crippen LogP contribution is -2.26. The first kappa shape index (κ1) is 20.8. The summed E-state index contributed by atoms with van der Waals surface area (Å²) in [4.78, 5) is 17.1. The number of nitrogens with zero attached hydrogens (tertiary/aromatic N) is 3. The minimum absolute atomic E-state index is 0.0142. The van der Waals surface area contributed by atoms with E-state index in [4.69, 9.17) is 0 Å². The van der Waals surface area contributed by atoms with E-state index in [0.717, 1.165) is 52.8 Å². The lowest BCUT2D eigenvalue weighted by molar-refractivity contribution is -0.116. The van der Waals surface area contributed by atoms with Crippen molar-refractivity contribution in [1.29, 1.82) is 0 Å². The third-order valence-electron chi connectivity index (χ3n) is 7.38. The van der Waals surface area contributed by atoms with Gasteiger partial charge in [0.25, 0.3) is 0 Å². The Balaban J connectivity index is 1.52. The van der Waals surface area contributed by atoms with E-state index in [-0.39, 0.29) is 5.91 Å². The number of likely N-dealkylation sites (tertiary alicyclic amines) is 1. The zero-order chi connectivity index (χ0) is 22.7. The van der Waals surface area contributed by atoms with Crippen molar-refractivity contribution in [2.24, 2.45) is 0 Å². The van der Waals surface area contributed by atoms with Crippen LogP contribution in [0, 0.1) is 0 Å². The van der Waals surface area contributed by atoms with Crippen LogP contribution in [0.1, 0.15) is 42.0 Å². The first-order valence-corrected chi connectivity index (χ1v) is 13.0. The van der Waals surface area contributed by atoms with Crippen molar-refractivity contribution in [1.82, 2.24) is 9.21 Å². The molecule has 1 amide bonds. The van der Waals surface area contributed by atoms with Gasteiger partial charge in [0.2, 0.25) is 15.9 Å². The van der Waals surface area contributed by atoms with E-state index in [9.17, 15) is 13.2 Å². The lowest BCUT2D eigenvalue weighted by atomic mass is 9.91. The molecule has 7 heteroatoms. The van der Waals surface area contributed by atoms with Gasteiger partial charge in [-0.25, -0.2) is 8.42 Å². The number of carbonyl (C=O) groups is 1. The molecule has 3 aromatic carbocycles. The summed E-state index contributed by atoms with van der Waals surface area (Å²) in [6.07, 6.45) is 2.41. The average Bonchev–Trinajstić information content (AvgIpc) is 3.56. The van der Waals surface area contributed by atoms with Crippen LogP contribution in [0.15, 0.2) is 53.4 Å². The zero-order valence-corrected chi connectivity index (χ0v) is 19.6. The van der Waals surface area contributed by atoms with Crippen molar-refractivity contribution in [3.8, 4) is 0 Å². The molecule has 3 heterocycles. The highest BCUT2D eigenvalue weighted by molar-refractivity contribution is 7.89. The van der Waals surface area contributed by atoms with E-state index in [2.05, 4.69) is 11.0 Å². The Morgan fingerprint density at radius 1 is 0.879 bits per heavy atom. The summed E-state index contributed by atoms with van der Waals surface area (Å²) in [5.74, 6) is 0.0142. The molecule has 0 spiro atoms. The molecule has 3 aliphatic rings. The molecule has 0 saturated carbocycles. The van der Waals surface area contributed by atoms with E-state index < -0.39 is 10.0 Å². The number of hydrogen-bond donors (Lipinski definition) is 0. The molecule has 0 bridgehead atoms. The number of fused-ring (bicyclic) bond motifs is 2. The van der Waals surface area contributed by atoms with Crippen molar-refractivity contribution >= 4 is 32.4 Å². The summed E-state index contributed by atoms with van der Waals surface area (Å²) in [5, 5.41) is 2.29. The number of amides is 1. The van der Waals surface area contributed by atoms with Crippen LogP contribution in [0.2, 0.25) is 0 Å². The number of hydrogen-bond acceptors (Lipinski definition) is 4. The van der Waals surface area contributed by atoms with Crippen LogP contribution in [-0.2, 0) is 41.0 Å². The molecule has 0 N–H and O–H groups in total. The highest BCUT2D eigenvalue weighted by atomic mass is 32.2. The first-order chi connectivity index (χ1) is 15.9. The van der Waals surface area contributed by atoms with Crippen molar-refractivity contribution in [2.75, 3.05) is 18.0 Å². The number of carbonyl (C=O) groups excluding carboxylic acids is 1. The van der Waals surface area contributed by atoms with E-state index in [0.29, 0.717) is 24.5 Å². The maximum atomic E-state index is 13.5. The molecule has 33 heavy (non-hydrogen) atoms. The van der Waals surface area contributed by atoms with Gasteiger partial charge in [-0.15, -0.1) is 0 Å². The number of sulfonamides is 1. The molecule has 1 fully saturated rings. The molecule has 170 valence electrons. The standard InChI is InChI=1S/C26H27N3O3S/c1-18(30)29-17-24-23-16-28(33(31,32)19-8-3-2-4-9-19)15-22(23)21(14-27-12-5-6-13-27)20-10-7-11-25(29)26(20)24/h2-4,7-11H,5-6,12-17H2,1H3. The van der Waals surface area contributed by atoms with E-state index in [1.54, 1.807) is 35.5 Å². The number of rotatable bonds is 4. The Kier molecular flexibility index (Phi) is 4.83. The van der Waals surface area contributed by atoms with E-state index >= 15 is 0 Å². The molecule has 0 atom stereocenters. The molecular formula is C26H27N3O3S. The summed E-state index contributed by atoms with van der Waals surface area (Å²) < 4.78 is 28.6. The molecule has 0 radical (unpaired) electrons. The van der Waals surface area contributed by atoms with Gasteiger partial charge in [-0.3, -0.25) is 9.69 Å². The summed E-state index contributed by atoms with van der Waals surface area (Å²) in [6.45, 7) is 5.81. The van der Waals surface area contributed by atoms with E-state index in [1.807, 2.05) is 23.1 Å². The highest BCUT2D eigenvalue weighted by Gasteiger charge is 2.38. The van der Waals surface area contributed by atoms with Gasteiger partial charge >= 0.3 is 0 Å². The highest BCUT2D eigenvalue weighted by Crippen LogP contribution is 2.46. The SMILES string of the molecule is CC(=O)N1Cc2c3c(c(CN4CCCC4)c4cccc1c24)CN(S(=O)(=O)c1ccccc1)C3. The van der Waals surface area contributed by atoms with Gasteiger partial charge in [-0.05, 0) is 71.8 Å². The third kappa shape index (κ3) is 3.21. The summed E-state index contributed by atoms with van der Waals surface area (Å²) in [5.41, 5.74) is 5.51. The van der Waals surface area contributed by atoms with Crippen molar-refractivity contribution in [3.63, 3.8) is 0 Å². The lowest BCUT2D eigenvalue weighted by Gasteiger charge is -2.20. The average molecular weight is 462 g/mol. The maximum absolute atomic E-state index is 13.5. The Morgan fingerprint density at radius 3 is 2.33 bits per heavy atom. The summed E-state index contributed by atoms with van der Waals surface area (Å²) >= 11 is 0. The van der Waals surface area contributed by atoms with Crippen molar-refractivity contribution in [3.05, 3.63) is 70.8 Å². The second kappa shape index (κ2) is 7.65. The van der Waals surface area contributed by atoms with Crippen LogP contribution in [0.25, 0.3) is 10.8 Å². The topological polar surface area (TPSA) is 60.9 Å². The third-order valence-corrected chi connectivity index (χ3v) is 9.19. The minimum Gasteiger partial charge on any atom is -0.308 e. The molecule has 0 aliphatic carbocycles. The normalized spacial score (nSPS) is 18.4. The van der Waals surface area contributed by atoms with Gasteiger partial charge in [0, 0.05) is 31.9 Å². The fraction of sp³-hybridized carbons (Fsp3) is 0.346. The van der Waals surface area contributed by atoms with Crippen LogP contribution in [0.4, 0.5) is 5.69 Å². The van der Waals surface area contributed by atoms with Gasteiger partial charge in [-0.2, -0.15) is 4.31 Å².